The van der Waals surface area contributed by atoms with Crippen LogP contribution in [0.25, 0.3) is 22.4 Å². The molecule has 0 fully saturated rings. The van der Waals surface area contributed by atoms with E-state index in [2.05, 4.69) is 9.72 Å². The summed E-state index contributed by atoms with van der Waals surface area (Å²) in [5.41, 5.74) is 1.41. The molecule has 4 nitrogen and oxygen atoms in total. The van der Waals surface area contributed by atoms with E-state index in [0.29, 0.717) is 11.5 Å². The average molecular weight is 392 g/mol. The van der Waals surface area contributed by atoms with Gasteiger partial charge in [0.05, 0.1) is 6.20 Å². The summed E-state index contributed by atoms with van der Waals surface area (Å²) in [5.74, 6) is 0.448. The molecule has 4 aromatic rings. The van der Waals surface area contributed by atoms with Crippen molar-refractivity contribution in [2.24, 2.45) is 0 Å². The summed E-state index contributed by atoms with van der Waals surface area (Å²) in [6.07, 6.45) is 0.548. The maximum atomic E-state index is 12.4. The Hall–Kier alpha value is -3.06. The van der Waals surface area contributed by atoms with Crippen LogP contribution in [-0.4, -0.2) is 15.9 Å². The Morgan fingerprint density at radius 3 is 2.59 bits per heavy atom. The van der Waals surface area contributed by atoms with Crippen molar-refractivity contribution in [1.82, 2.24) is 9.55 Å². The number of imidazole rings is 1. The van der Waals surface area contributed by atoms with E-state index in [1.807, 2.05) is 36.4 Å². The molecule has 2 heterocycles. The van der Waals surface area contributed by atoms with Crippen molar-refractivity contribution in [2.75, 3.05) is 0 Å². The number of alkyl halides is 3. The first kappa shape index (κ1) is 18.7. The molecule has 138 valence electrons. The quantitative estimate of drug-likeness (QED) is 0.491. The predicted octanol–water partition coefficient (Wildman–Crippen LogP) is 1.20. The maximum absolute atomic E-state index is 12.4. The van der Waals surface area contributed by atoms with Gasteiger partial charge in [-0.15, -0.1) is 18.2 Å². The minimum absolute atomic E-state index is 0. The standard InChI is InChI=1S/C19H13F3N3O.ClH/c20-19(21,22)26-16-6-3-5-15(12-16)24-10-11-25(13-24)18-9-8-14-4-1-2-7-17(14)23-18;/h1-13H;1H/q+1;/p-1. The largest absolute Gasteiger partial charge is 1.00 e. The van der Waals surface area contributed by atoms with Gasteiger partial charge in [0.1, 0.15) is 23.2 Å². The van der Waals surface area contributed by atoms with Crippen molar-refractivity contribution in [3.8, 4) is 17.3 Å². The Labute approximate surface area is 158 Å². The molecule has 8 heteroatoms. The molecule has 0 amide bonds. The molecule has 0 saturated heterocycles. The molecule has 0 N–H and O–H groups in total. The van der Waals surface area contributed by atoms with Crippen LogP contribution < -0.4 is 21.7 Å². The molecule has 0 radical (unpaired) electrons. The van der Waals surface area contributed by atoms with Gasteiger partial charge in [0.25, 0.3) is 5.82 Å². The zero-order valence-corrected chi connectivity index (χ0v) is 14.5. The van der Waals surface area contributed by atoms with E-state index in [1.165, 1.54) is 18.2 Å². The average Bonchev–Trinajstić information content (AvgIpc) is 3.10. The molecule has 0 atom stereocenters. The van der Waals surface area contributed by atoms with Gasteiger partial charge in [0.15, 0.2) is 6.33 Å². The molecular weight excluding hydrogens is 379 g/mol. The van der Waals surface area contributed by atoms with Crippen LogP contribution in [0.2, 0.25) is 0 Å². The zero-order chi connectivity index (χ0) is 18.1. The first-order valence-electron chi connectivity index (χ1n) is 7.80. The number of halogens is 4. The molecule has 4 rings (SSSR count). The van der Waals surface area contributed by atoms with E-state index in [0.717, 1.165) is 10.9 Å². The van der Waals surface area contributed by atoms with Crippen molar-refractivity contribution in [3.63, 3.8) is 0 Å². The lowest BCUT2D eigenvalue weighted by molar-refractivity contribution is -0.598. The summed E-state index contributed by atoms with van der Waals surface area (Å²) in [5, 5.41) is 1.04. The molecule has 27 heavy (non-hydrogen) atoms. The highest BCUT2D eigenvalue weighted by atomic mass is 35.5. The highest BCUT2D eigenvalue weighted by Crippen LogP contribution is 2.24. The number of nitrogens with zero attached hydrogens (tertiary/aromatic N) is 3. The number of para-hydroxylation sites is 1. The second-order valence-electron chi connectivity index (χ2n) is 5.64. The second kappa shape index (κ2) is 7.28. The fourth-order valence-corrected chi connectivity index (χ4v) is 2.68. The number of fused-ring (bicyclic) bond motifs is 1. The van der Waals surface area contributed by atoms with Crippen LogP contribution in [0.1, 0.15) is 0 Å². The van der Waals surface area contributed by atoms with Gasteiger partial charge in [0, 0.05) is 17.5 Å². The lowest BCUT2D eigenvalue weighted by atomic mass is 10.2. The molecule has 0 aliphatic heterocycles. The number of ether oxygens (including phenoxy) is 1. The number of aromatic nitrogens is 3. The van der Waals surface area contributed by atoms with Crippen molar-refractivity contribution in [2.45, 2.75) is 6.36 Å². The molecule has 0 saturated carbocycles. The monoisotopic (exact) mass is 391 g/mol. The van der Waals surface area contributed by atoms with Crippen molar-refractivity contribution in [1.29, 1.82) is 0 Å². The van der Waals surface area contributed by atoms with E-state index < -0.39 is 6.36 Å². The van der Waals surface area contributed by atoms with Gasteiger partial charge >= 0.3 is 6.36 Å². The van der Waals surface area contributed by atoms with Crippen LogP contribution in [0.3, 0.4) is 0 Å². The summed E-state index contributed by atoms with van der Waals surface area (Å²) in [7, 11) is 0. The Kier molecular flexibility index (Phi) is 5.05. The summed E-state index contributed by atoms with van der Waals surface area (Å²) in [4.78, 5) is 4.59. The number of hydrogen-bond acceptors (Lipinski definition) is 2. The van der Waals surface area contributed by atoms with Crippen molar-refractivity contribution >= 4 is 10.9 Å². The van der Waals surface area contributed by atoms with Crippen LogP contribution in [0.4, 0.5) is 13.2 Å². The lowest BCUT2D eigenvalue weighted by Crippen LogP contribution is -3.00. The Balaban J connectivity index is 0.00000210. The number of pyridine rings is 1. The lowest BCUT2D eigenvalue weighted by Gasteiger charge is -2.09. The smallest absolute Gasteiger partial charge is 0.573 e. The van der Waals surface area contributed by atoms with Crippen molar-refractivity contribution < 1.29 is 34.9 Å². The van der Waals surface area contributed by atoms with E-state index in [-0.39, 0.29) is 18.2 Å². The first-order valence-corrected chi connectivity index (χ1v) is 7.80. The van der Waals surface area contributed by atoms with Crippen LogP contribution in [0.5, 0.6) is 5.75 Å². The maximum Gasteiger partial charge on any atom is 0.573 e. The topological polar surface area (TPSA) is 30.9 Å². The third-order valence-electron chi connectivity index (χ3n) is 3.83. The van der Waals surface area contributed by atoms with E-state index in [9.17, 15) is 13.2 Å². The SMILES string of the molecule is FC(F)(F)Oc1cccc(-n2cc[n+](-c3ccc4ccccc4n3)c2)c1.[Cl-]. The van der Waals surface area contributed by atoms with Crippen LogP contribution >= 0.6 is 0 Å². The van der Waals surface area contributed by atoms with Gasteiger partial charge in [-0.25, -0.2) is 9.13 Å². The van der Waals surface area contributed by atoms with Gasteiger partial charge < -0.3 is 17.1 Å². The van der Waals surface area contributed by atoms with Gasteiger partial charge in [0.2, 0.25) is 0 Å². The minimum Gasteiger partial charge on any atom is -1.00 e. The number of rotatable bonds is 3. The second-order valence-corrected chi connectivity index (χ2v) is 5.64. The predicted molar refractivity (Wildman–Crippen MR) is 89.3 cm³/mol. The Morgan fingerprint density at radius 1 is 0.963 bits per heavy atom. The van der Waals surface area contributed by atoms with Gasteiger partial charge in [-0.2, -0.15) is 0 Å². The fraction of sp³-hybridized carbons (Fsp3) is 0.0526. The zero-order valence-electron chi connectivity index (χ0n) is 13.8. The molecule has 2 aromatic carbocycles. The summed E-state index contributed by atoms with van der Waals surface area (Å²) in [6.45, 7) is 0. The molecule has 0 unspecified atom stereocenters. The van der Waals surface area contributed by atoms with E-state index in [1.54, 1.807) is 33.9 Å². The fourth-order valence-electron chi connectivity index (χ4n) is 2.68. The summed E-state index contributed by atoms with van der Waals surface area (Å²) >= 11 is 0. The van der Waals surface area contributed by atoms with E-state index in [4.69, 9.17) is 0 Å². The molecule has 0 aliphatic rings. The Bertz CT molecular complexity index is 1080. The number of hydrogen-bond donors (Lipinski definition) is 0. The van der Waals surface area contributed by atoms with E-state index >= 15 is 0 Å². The van der Waals surface area contributed by atoms with Crippen LogP contribution in [0, 0.1) is 0 Å². The summed E-state index contributed by atoms with van der Waals surface area (Å²) in [6, 6.07) is 17.4. The molecule has 0 aliphatic carbocycles. The summed E-state index contributed by atoms with van der Waals surface area (Å²) < 4.78 is 44.6. The third kappa shape index (κ3) is 4.20. The normalized spacial score (nSPS) is 11.2. The van der Waals surface area contributed by atoms with Crippen LogP contribution in [0.15, 0.2) is 79.4 Å². The minimum atomic E-state index is -4.72. The molecule has 0 spiro atoms. The third-order valence-corrected chi connectivity index (χ3v) is 3.83. The number of benzene rings is 2. The van der Waals surface area contributed by atoms with Crippen molar-refractivity contribution in [3.05, 3.63) is 79.4 Å². The molecule has 2 aromatic heterocycles. The van der Waals surface area contributed by atoms with Gasteiger partial charge in [-0.3, -0.25) is 0 Å². The van der Waals surface area contributed by atoms with Crippen LogP contribution in [-0.2, 0) is 0 Å². The Morgan fingerprint density at radius 2 is 1.78 bits per heavy atom. The highest BCUT2D eigenvalue weighted by Gasteiger charge is 2.31. The van der Waals surface area contributed by atoms with Gasteiger partial charge in [-0.05, 0) is 24.3 Å². The molecular formula is C19H13ClF3N3O. The first-order chi connectivity index (χ1) is 12.5. The van der Waals surface area contributed by atoms with Gasteiger partial charge in [-0.1, -0.05) is 24.3 Å². The molecule has 0 bridgehead atoms. The highest BCUT2D eigenvalue weighted by molar-refractivity contribution is 5.78.